The van der Waals surface area contributed by atoms with E-state index in [0.717, 1.165) is 0 Å². The second kappa shape index (κ2) is 4.85. The van der Waals surface area contributed by atoms with Gasteiger partial charge in [-0.25, -0.2) is 4.68 Å². The van der Waals surface area contributed by atoms with E-state index in [2.05, 4.69) is 15.5 Å². The van der Waals surface area contributed by atoms with Gasteiger partial charge >= 0.3 is 5.97 Å². The van der Waals surface area contributed by atoms with Gasteiger partial charge in [0, 0.05) is 0 Å². The number of carbonyl (C=O) groups excluding carboxylic acids is 1. The molecule has 0 spiro atoms. The number of carbonyl (C=O) groups is 1. The summed E-state index contributed by atoms with van der Waals surface area (Å²) in [7, 11) is 0. The smallest absolute Gasteiger partial charge is 0.327 e. The van der Waals surface area contributed by atoms with Gasteiger partial charge in [-0.05, 0) is 18.1 Å². The first-order valence-corrected chi connectivity index (χ1v) is 4.64. The Morgan fingerprint density at radius 1 is 1.71 bits per heavy atom. The second-order valence-electron chi connectivity index (χ2n) is 3.25. The minimum atomic E-state index is -0.346. The molecule has 0 saturated heterocycles. The Labute approximate surface area is 86.2 Å². The van der Waals surface area contributed by atoms with Crippen LogP contribution in [0.3, 0.4) is 0 Å². The molecular formula is C7H12N4O2S. The highest BCUT2D eigenvalue weighted by Gasteiger charge is 2.06. The van der Waals surface area contributed by atoms with Crippen molar-refractivity contribution in [3.63, 3.8) is 0 Å². The van der Waals surface area contributed by atoms with Crippen LogP contribution in [0.5, 0.6) is 0 Å². The molecule has 78 valence electrons. The van der Waals surface area contributed by atoms with Gasteiger partial charge in [0.1, 0.15) is 6.54 Å². The Hall–Kier alpha value is -1.24. The molecule has 1 rings (SSSR count). The SMILES string of the molecule is CC(C)COC(=O)Cn1[nH]nnc1=S. The van der Waals surface area contributed by atoms with E-state index in [0.29, 0.717) is 12.5 Å². The van der Waals surface area contributed by atoms with E-state index in [1.807, 2.05) is 13.8 Å². The standard InChI is InChI=1S/C7H12N4O2S/c1-5(2)4-13-6(12)3-11-7(14)8-9-10-11/h5H,3-4H2,1-2H3,(H,8,10,14). The fourth-order valence-corrected chi connectivity index (χ4v) is 0.899. The predicted octanol–water partition coefficient (Wildman–Crippen LogP) is 0.535. The minimum absolute atomic E-state index is 0.0263. The Bertz CT molecular complexity index is 357. The molecule has 1 aromatic rings. The molecular weight excluding hydrogens is 204 g/mol. The molecule has 0 saturated carbocycles. The highest BCUT2D eigenvalue weighted by atomic mass is 32.1. The van der Waals surface area contributed by atoms with E-state index in [-0.39, 0.29) is 17.3 Å². The largest absolute Gasteiger partial charge is 0.464 e. The van der Waals surface area contributed by atoms with Crippen molar-refractivity contribution in [2.45, 2.75) is 20.4 Å². The van der Waals surface area contributed by atoms with Crippen LogP contribution >= 0.6 is 12.2 Å². The fourth-order valence-electron chi connectivity index (χ4n) is 0.753. The van der Waals surface area contributed by atoms with Crippen LogP contribution in [0.4, 0.5) is 0 Å². The van der Waals surface area contributed by atoms with Gasteiger partial charge in [-0.15, -0.1) is 0 Å². The van der Waals surface area contributed by atoms with Crippen molar-refractivity contribution in [1.82, 2.24) is 20.2 Å². The van der Waals surface area contributed by atoms with Crippen molar-refractivity contribution in [2.75, 3.05) is 6.61 Å². The lowest BCUT2D eigenvalue weighted by molar-refractivity contribution is -0.145. The molecule has 0 aliphatic carbocycles. The Kier molecular flexibility index (Phi) is 3.75. The molecule has 0 radical (unpaired) electrons. The Balaban J connectivity index is 2.42. The third-order valence-electron chi connectivity index (χ3n) is 1.40. The molecule has 0 fully saturated rings. The maximum absolute atomic E-state index is 11.2. The van der Waals surface area contributed by atoms with E-state index in [1.54, 1.807) is 0 Å². The second-order valence-corrected chi connectivity index (χ2v) is 3.61. The molecule has 0 unspecified atom stereocenters. The first-order chi connectivity index (χ1) is 6.59. The quantitative estimate of drug-likeness (QED) is 0.587. The van der Waals surface area contributed by atoms with Crippen LogP contribution in [0.15, 0.2) is 0 Å². The summed E-state index contributed by atoms with van der Waals surface area (Å²) in [4.78, 5) is 11.2. The van der Waals surface area contributed by atoms with Crippen LogP contribution in [0, 0.1) is 10.7 Å². The predicted molar refractivity (Wildman–Crippen MR) is 51.0 cm³/mol. The zero-order valence-electron chi connectivity index (χ0n) is 8.06. The topological polar surface area (TPSA) is 72.8 Å². The lowest BCUT2D eigenvalue weighted by atomic mass is 10.2. The van der Waals surface area contributed by atoms with E-state index in [9.17, 15) is 4.79 Å². The normalized spacial score (nSPS) is 10.5. The summed E-state index contributed by atoms with van der Waals surface area (Å²) in [5.74, 6) is -0.0207. The Morgan fingerprint density at radius 2 is 2.43 bits per heavy atom. The number of ether oxygens (including phenoxy) is 1. The average Bonchev–Trinajstić information content (AvgIpc) is 2.49. The van der Waals surface area contributed by atoms with E-state index >= 15 is 0 Å². The van der Waals surface area contributed by atoms with Crippen molar-refractivity contribution in [3.05, 3.63) is 4.77 Å². The molecule has 0 aliphatic rings. The number of hydrogen-bond acceptors (Lipinski definition) is 5. The first kappa shape index (κ1) is 10.8. The fraction of sp³-hybridized carbons (Fsp3) is 0.714. The molecule has 0 bridgehead atoms. The van der Waals surface area contributed by atoms with Gasteiger partial charge in [-0.2, -0.15) is 5.21 Å². The van der Waals surface area contributed by atoms with Gasteiger partial charge in [0.2, 0.25) is 4.77 Å². The van der Waals surface area contributed by atoms with Gasteiger partial charge in [-0.1, -0.05) is 24.2 Å². The molecule has 0 aliphatic heterocycles. The number of aromatic nitrogens is 4. The van der Waals surface area contributed by atoms with Crippen LogP contribution in [-0.2, 0) is 16.1 Å². The van der Waals surface area contributed by atoms with Crippen molar-refractivity contribution >= 4 is 18.2 Å². The summed E-state index contributed by atoms with van der Waals surface area (Å²) in [6.45, 7) is 4.37. The number of aromatic amines is 1. The van der Waals surface area contributed by atoms with E-state index in [1.165, 1.54) is 4.68 Å². The lowest BCUT2D eigenvalue weighted by Crippen LogP contribution is -2.17. The zero-order chi connectivity index (χ0) is 10.6. The van der Waals surface area contributed by atoms with Crippen molar-refractivity contribution in [1.29, 1.82) is 0 Å². The van der Waals surface area contributed by atoms with Crippen LogP contribution in [-0.4, -0.2) is 32.8 Å². The number of esters is 1. The summed E-state index contributed by atoms with van der Waals surface area (Å²) in [6.07, 6.45) is 0. The average molecular weight is 216 g/mol. The summed E-state index contributed by atoms with van der Waals surface area (Å²) < 4.78 is 6.54. The first-order valence-electron chi connectivity index (χ1n) is 4.23. The van der Waals surface area contributed by atoms with Crippen LogP contribution in [0.25, 0.3) is 0 Å². The number of nitrogens with one attached hydrogen (secondary N) is 1. The summed E-state index contributed by atoms with van der Waals surface area (Å²) in [5, 5.41) is 9.45. The van der Waals surface area contributed by atoms with Crippen LogP contribution in [0.1, 0.15) is 13.8 Å². The van der Waals surface area contributed by atoms with Gasteiger partial charge in [-0.3, -0.25) is 4.79 Å². The Morgan fingerprint density at radius 3 is 2.93 bits per heavy atom. The van der Waals surface area contributed by atoms with E-state index in [4.69, 9.17) is 17.0 Å². The minimum Gasteiger partial charge on any atom is -0.464 e. The molecule has 1 N–H and O–H groups in total. The number of H-pyrrole nitrogens is 1. The summed E-state index contributed by atoms with van der Waals surface area (Å²) in [6, 6.07) is 0. The number of hydrogen-bond donors (Lipinski definition) is 1. The van der Waals surface area contributed by atoms with Crippen molar-refractivity contribution in [3.8, 4) is 0 Å². The van der Waals surface area contributed by atoms with Crippen LogP contribution < -0.4 is 0 Å². The number of tetrazole rings is 1. The molecule has 7 heteroatoms. The van der Waals surface area contributed by atoms with Gasteiger partial charge in [0.25, 0.3) is 0 Å². The third kappa shape index (κ3) is 3.25. The summed E-state index contributed by atoms with van der Waals surface area (Å²) in [5.41, 5.74) is 0. The monoisotopic (exact) mass is 216 g/mol. The van der Waals surface area contributed by atoms with Crippen LogP contribution in [0.2, 0.25) is 0 Å². The van der Waals surface area contributed by atoms with Crippen molar-refractivity contribution < 1.29 is 9.53 Å². The highest BCUT2D eigenvalue weighted by molar-refractivity contribution is 7.71. The summed E-state index contributed by atoms with van der Waals surface area (Å²) >= 11 is 4.79. The van der Waals surface area contributed by atoms with Gasteiger partial charge in [0.05, 0.1) is 6.61 Å². The molecule has 0 aromatic carbocycles. The number of rotatable bonds is 4. The van der Waals surface area contributed by atoms with E-state index < -0.39 is 0 Å². The van der Waals surface area contributed by atoms with Gasteiger partial charge < -0.3 is 4.74 Å². The molecule has 1 aromatic heterocycles. The van der Waals surface area contributed by atoms with Crippen molar-refractivity contribution in [2.24, 2.45) is 5.92 Å². The lowest BCUT2D eigenvalue weighted by Gasteiger charge is -2.06. The molecule has 0 amide bonds. The van der Waals surface area contributed by atoms with Gasteiger partial charge in [0.15, 0.2) is 0 Å². The zero-order valence-corrected chi connectivity index (χ0v) is 8.87. The maximum Gasteiger partial charge on any atom is 0.327 e. The highest BCUT2D eigenvalue weighted by Crippen LogP contribution is 1.94. The molecule has 0 atom stereocenters. The molecule has 6 nitrogen and oxygen atoms in total. The maximum atomic E-state index is 11.2. The molecule has 1 heterocycles. The molecule has 14 heavy (non-hydrogen) atoms. The number of nitrogens with zero attached hydrogens (tertiary/aromatic N) is 3. The third-order valence-corrected chi connectivity index (χ3v) is 1.70.